The monoisotopic (exact) mass is 351 g/mol. The normalized spacial score (nSPS) is 44.2. The quantitative estimate of drug-likeness (QED) is 0.737. The van der Waals surface area contributed by atoms with Crippen molar-refractivity contribution in [2.45, 2.75) is 70.8 Å². The van der Waals surface area contributed by atoms with Crippen molar-refractivity contribution in [3.05, 3.63) is 35.5 Å². The first-order chi connectivity index (χ1) is 12.3. The van der Waals surface area contributed by atoms with Gasteiger partial charge in [0.05, 0.1) is 18.1 Å². The van der Waals surface area contributed by atoms with Crippen LogP contribution in [0.25, 0.3) is 0 Å². The number of hydrogen-bond acceptors (Lipinski definition) is 3. The molecule has 5 atom stereocenters. The van der Waals surface area contributed by atoms with E-state index in [0.717, 1.165) is 32.1 Å². The first-order valence-corrected chi connectivity index (χ1v) is 9.98. The Bertz CT molecular complexity index is 785. The largest absolute Gasteiger partial charge is 0.385 e. The second-order valence-corrected chi connectivity index (χ2v) is 9.34. The van der Waals surface area contributed by atoms with Crippen LogP contribution in [-0.2, 0) is 4.79 Å². The van der Waals surface area contributed by atoms with Crippen molar-refractivity contribution in [3.8, 4) is 6.07 Å². The van der Waals surface area contributed by atoms with Gasteiger partial charge in [-0.15, -0.1) is 0 Å². The van der Waals surface area contributed by atoms with Gasteiger partial charge in [-0.3, -0.25) is 4.79 Å². The number of nitriles is 1. The van der Waals surface area contributed by atoms with E-state index in [2.05, 4.69) is 32.6 Å². The molecule has 0 saturated heterocycles. The fourth-order valence-electron chi connectivity index (χ4n) is 6.69. The maximum absolute atomic E-state index is 11.9. The minimum atomic E-state index is -0.936. The van der Waals surface area contributed by atoms with E-state index >= 15 is 0 Å². The highest BCUT2D eigenvalue weighted by molar-refractivity contribution is 5.92. The van der Waals surface area contributed by atoms with Crippen molar-refractivity contribution >= 4 is 5.78 Å². The molecule has 3 nitrogen and oxygen atoms in total. The molecule has 138 valence electrons. The Morgan fingerprint density at radius 3 is 2.85 bits per heavy atom. The summed E-state index contributed by atoms with van der Waals surface area (Å²) in [4.78, 5) is 11.9. The van der Waals surface area contributed by atoms with Crippen LogP contribution in [0.15, 0.2) is 35.5 Å². The van der Waals surface area contributed by atoms with Gasteiger partial charge in [0.25, 0.3) is 0 Å². The predicted octanol–water partition coefficient (Wildman–Crippen LogP) is 4.64. The molecule has 0 bridgehead atoms. The summed E-state index contributed by atoms with van der Waals surface area (Å²) in [5.74, 6) is 1.19. The van der Waals surface area contributed by atoms with Gasteiger partial charge in [0.2, 0.25) is 0 Å². The lowest BCUT2D eigenvalue weighted by atomic mass is 9.50. The van der Waals surface area contributed by atoms with Gasteiger partial charge >= 0.3 is 0 Å². The lowest BCUT2D eigenvalue weighted by Crippen LogP contribution is -2.51. The average Bonchev–Trinajstić information content (AvgIpc) is 2.88. The minimum Gasteiger partial charge on any atom is -0.385 e. The number of carbonyl (C=O) groups excluding carboxylic acids is 1. The van der Waals surface area contributed by atoms with E-state index in [1.165, 1.54) is 11.1 Å². The second kappa shape index (κ2) is 5.67. The van der Waals surface area contributed by atoms with E-state index in [4.69, 9.17) is 5.26 Å². The molecule has 0 amide bonds. The number of allylic oxidation sites excluding steroid dienone is 4. The van der Waals surface area contributed by atoms with Crippen molar-refractivity contribution < 1.29 is 9.90 Å². The zero-order valence-corrected chi connectivity index (χ0v) is 16.0. The summed E-state index contributed by atoms with van der Waals surface area (Å²) in [6.45, 7) is 8.61. The zero-order valence-electron chi connectivity index (χ0n) is 16.0. The van der Waals surface area contributed by atoms with Crippen LogP contribution >= 0.6 is 0 Å². The Morgan fingerprint density at radius 1 is 1.35 bits per heavy atom. The van der Waals surface area contributed by atoms with Gasteiger partial charge in [0.15, 0.2) is 5.78 Å². The lowest BCUT2D eigenvalue weighted by Gasteiger charge is -2.55. The van der Waals surface area contributed by atoms with Crippen molar-refractivity contribution in [3.63, 3.8) is 0 Å². The molecule has 26 heavy (non-hydrogen) atoms. The van der Waals surface area contributed by atoms with Gasteiger partial charge < -0.3 is 5.11 Å². The van der Waals surface area contributed by atoms with Gasteiger partial charge in [0.1, 0.15) is 0 Å². The average molecular weight is 351 g/mol. The Hall–Kier alpha value is -1.66. The summed E-state index contributed by atoms with van der Waals surface area (Å²) < 4.78 is 0. The highest BCUT2D eigenvalue weighted by atomic mass is 16.3. The van der Waals surface area contributed by atoms with E-state index in [1.54, 1.807) is 0 Å². The molecule has 3 heteroatoms. The number of rotatable bonds is 2. The number of hydrogen-bond donors (Lipinski definition) is 1. The van der Waals surface area contributed by atoms with Crippen LogP contribution in [0.3, 0.4) is 0 Å². The van der Waals surface area contributed by atoms with Crippen LogP contribution in [0.2, 0.25) is 0 Å². The predicted molar refractivity (Wildman–Crippen MR) is 101 cm³/mol. The lowest BCUT2D eigenvalue weighted by molar-refractivity contribution is -0.115. The molecule has 0 radical (unpaired) electrons. The van der Waals surface area contributed by atoms with Crippen molar-refractivity contribution in [1.29, 1.82) is 5.26 Å². The summed E-state index contributed by atoms with van der Waals surface area (Å²) in [5, 5.41) is 20.6. The molecule has 0 aromatic carbocycles. The molecule has 0 spiro atoms. The third-order valence-corrected chi connectivity index (χ3v) is 8.37. The summed E-state index contributed by atoms with van der Waals surface area (Å²) in [6, 6.07) is 2.17. The summed E-state index contributed by atoms with van der Waals surface area (Å²) >= 11 is 0. The van der Waals surface area contributed by atoms with Gasteiger partial charge in [-0.2, -0.15) is 5.26 Å². The third kappa shape index (κ3) is 2.12. The van der Waals surface area contributed by atoms with E-state index in [9.17, 15) is 9.90 Å². The van der Waals surface area contributed by atoms with E-state index in [1.807, 2.05) is 6.08 Å². The van der Waals surface area contributed by atoms with Gasteiger partial charge in [0, 0.05) is 17.3 Å². The first kappa shape index (κ1) is 17.7. The summed E-state index contributed by atoms with van der Waals surface area (Å²) in [5.41, 5.74) is 2.38. The molecule has 1 N–H and O–H groups in total. The topological polar surface area (TPSA) is 61.1 Å². The fraction of sp³-hybridized carbons (Fsp3) is 0.652. The van der Waals surface area contributed by atoms with Crippen LogP contribution in [0, 0.1) is 34.0 Å². The van der Waals surface area contributed by atoms with Crippen LogP contribution < -0.4 is 0 Å². The molecular formula is C23H29NO2. The SMILES string of the molecule is C=C(CC#N)C1(O)CCC2C3CCC4=CC(=O)CCC4(C)C3=CCC21C. The molecule has 5 unspecified atom stereocenters. The van der Waals surface area contributed by atoms with Crippen molar-refractivity contribution in [1.82, 2.24) is 0 Å². The van der Waals surface area contributed by atoms with Crippen LogP contribution in [-0.4, -0.2) is 16.5 Å². The molecule has 0 aromatic rings. The smallest absolute Gasteiger partial charge is 0.155 e. The molecule has 4 rings (SSSR count). The molecule has 0 aromatic heterocycles. The van der Waals surface area contributed by atoms with Gasteiger partial charge in [-0.05, 0) is 62.0 Å². The van der Waals surface area contributed by atoms with E-state index in [0.29, 0.717) is 30.3 Å². The minimum absolute atomic E-state index is 0.0303. The highest BCUT2D eigenvalue weighted by Gasteiger charge is 2.62. The fourth-order valence-corrected chi connectivity index (χ4v) is 6.69. The maximum atomic E-state index is 11.9. The van der Waals surface area contributed by atoms with E-state index < -0.39 is 5.60 Å². The summed E-state index contributed by atoms with van der Waals surface area (Å²) in [7, 11) is 0. The second-order valence-electron chi connectivity index (χ2n) is 9.34. The van der Waals surface area contributed by atoms with Crippen molar-refractivity contribution in [2.24, 2.45) is 22.7 Å². The van der Waals surface area contributed by atoms with Gasteiger partial charge in [-0.25, -0.2) is 0 Å². The molecule has 4 aliphatic carbocycles. The third-order valence-electron chi connectivity index (χ3n) is 8.37. The Balaban J connectivity index is 1.74. The first-order valence-electron chi connectivity index (χ1n) is 9.98. The van der Waals surface area contributed by atoms with E-state index in [-0.39, 0.29) is 23.0 Å². The molecular weight excluding hydrogens is 322 g/mol. The highest BCUT2D eigenvalue weighted by Crippen LogP contribution is 2.66. The zero-order chi connectivity index (χ0) is 18.7. The number of nitrogens with zero attached hydrogens (tertiary/aromatic N) is 1. The number of fused-ring (bicyclic) bond motifs is 5. The van der Waals surface area contributed by atoms with Crippen LogP contribution in [0.4, 0.5) is 0 Å². The van der Waals surface area contributed by atoms with Gasteiger partial charge in [-0.1, -0.05) is 37.6 Å². The number of aliphatic hydroxyl groups is 1. The number of ketones is 1. The molecule has 2 saturated carbocycles. The molecule has 0 heterocycles. The molecule has 2 fully saturated rings. The van der Waals surface area contributed by atoms with Crippen molar-refractivity contribution in [2.75, 3.05) is 0 Å². The standard InChI is InChI=1S/C23H29NO2/c1-15(9-13-24)23(26)12-8-20-18-5-4-16-14-17(25)6-10-21(16,2)19(18)7-11-22(20,23)3/h7,14,18,20,26H,1,4-6,8-12H2,2-3H3. The number of carbonyl (C=O) groups is 1. The molecule has 0 aliphatic heterocycles. The Labute approximate surface area is 156 Å². The Morgan fingerprint density at radius 2 is 2.12 bits per heavy atom. The van der Waals surface area contributed by atoms with Crippen LogP contribution in [0.1, 0.15) is 65.2 Å². The molecule has 4 aliphatic rings. The maximum Gasteiger partial charge on any atom is 0.155 e. The summed E-state index contributed by atoms with van der Waals surface area (Å²) in [6.07, 6.45) is 10.7. The van der Waals surface area contributed by atoms with Crippen LogP contribution in [0.5, 0.6) is 0 Å². The Kier molecular flexibility index (Phi) is 3.87.